The maximum Gasteiger partial charge on any atom is 0.320 e. The highest BCUT2D eigenvalue weighted by Gasteiger charge is 2.19. The van der Waals surface area contributed by atoms with E-state index >= 15 is 0 Å². The lowest BCUT2D eigenvalue weighted by Crippen LogP contribution is -2.37. The lowest BCUT2D eigenvalue weighted by Gasteiger charge is -2.14. The number of nitrogens with one attached hydrogen (secondary N) is 1. The Hall–Kier alpha value is -1.73. The van der Waals surface area contributed by atoms with E-state index in [9.17, 15) is 4.79 Å². The first kappa shape index (κ1) is 14.7. The minimum atomic E-state index is -0.864. The van der Waals surface area contributed by atoms with Crippen molar-refractivity contribution in [3.8, 4) is 10.7 Å². The molecule has 0 saturated carbocycles. The van der Waals surface area contributed by atoms with Crippen molar-refractivity contribution in [1.29, 1.82) is 0 Å². The van der Waals surface area contributed by atoms with Crippen molar-refractivity contribution >= 4 is 17.3 Å². The third-order valence-electron chi connectivity index (χ3n) is 2.71. The Morgan fingerprint density at radius 3 is 2.95 bits per heavy atom. The average molecular weight is 295 g/mol. The Bertz CT molecular complexity index is 551. The summed E-state index contributed by atoms with van der Waals surface area (Å²) in [7, 11) is 0. The van der Waals surface area contributed by atoms with Gasteiger partial charge < -0.3 is 9.63 Å². The molecule has 0 aliphatic heterocycles. The molecule has 1 unspecified atom stereocenters. The summed E-state index contributed by atoms with van der Waals surface area (Å²) < 4.78 is 5.11. The largest absolute Gasteiger partial charge is 0.480 e. The monoisotopic (exact) mass is 295 g/mol. The third-order valence-corrected chi connectivity index (χ3v) is 3.58. The zero-order valence-corrected chi connectivity index (χ0v) is 12.2. The molecule has 6 nitrogen and oxygen atoms in total. The molecule has 2 rings (SSSR count). The molecule has 0 aromatic carbocycles. The minimum absolute atomic E-state index is 0.252. The Balaban J connectivity index is 1.95. The highest BCUT2D eigenvalue weighted by atomic mass is 32.1. The van der Waals surface area contributed by atoms with Gasteiger partial charge in [0.1, 0.15) is 6.04 Å². The standard InChI is InChI=1S/C13H17N3O3S/c1-8(2)6-9(13(17)18)14-7-11-15-12(16-19-11)10-4-3-5-20-10/h3-5,8-9,14H,6-7H2,1-2H3,(H,17,18). The summed E-state index contributed by atoms with van der Waals surface area (Å²) in [5, 5.41) is 17.9. The first-order valence-corrected chi connectivity index (χ1v) is 7.27. The first-order chi connectivity index (χ1) is 9.56. The van der Waals surface area contributed by atoms with Gasteiger partial charge in [-0.2, -0.15) is 4.98 Å². The van der Waals surface area contributed by atoms with E-state index in [1.165, 1.54) is 11.3 Å². The summed E-state index contributed by atoms with van der Waals surface area (Å²) >= 11 is 1.53. The molecule has 1 atom stereocenters. The molecular weight excluding hydrogens is 278 g/mol. The lowest BCUT2D eigenvalue weighted by atomic mass is 10.0. The molecule has 0 aliphatic carbocycles. The predicted molar refractivity (Wildman–Crippen MR) is 75.3 cm³/mol. The number of hydrogen-bond acceptors (Lipinski definition) is 6. The van der Waals surface area contributed by atoms with E-state index in [2.05, 4.69) is 15.5 Å². The van der Waals surface area contributed by atoms with Crippen molar-refractivity contribution in [2.45, 2.75) is 32.9 Å². The Labute approximate surface area is 120 Å². The Kier molecular flexibility index (Phi) is 4.86. The van der Waals surface area contributed by atoms with Crippen LogP contribution in [0.5, 0.6) is 0 Å². The Morgan fingerprint density at radius 2 is 2.35 bits per heavy atom. The summed E-state index contributed by atoms with van der Waals surface area (Å²) in [5.74, 6) is 0.362. The van der Waals surface area contributed by atoms with Gasteiger partial charge in [0.25, 0.3) is 0 Å². The topological polar surface area (TPSA) is 88.3 Å². The lowest BCUT2D eigenvalue weighted by molar-refractivity contribution is -0.140. The molecule has 2 N–H and O–H groups in total. The molecule has 0 bridgehead atoms. The van der Waals surface area contributed by atoms with Crippen LogP contribution < -0.4 is 5.32 Å². The second kappa shape index (κ2) is 6.62. The molecule has 0 spiro atoms. The maximum atomic E-state index is 11.1. The summed E-state index contributed by atoms with van der Waals surface area (Å²) in [5.41, 5.74) is 0. The van der Waals surface area contributed by atoms with Gasteiger partial charge in [-0.3, -0.25) is 10.1 Å². The van der Waals surface area contributed by atoms with Crippen LogP contribution in [0.2, 0.25) is 0 Å². The van der Waals surface area contributed by atoms with Crippen molar-refractivity contribution in [3.63, 3.8) is 0 Å². The number of aliphatic carboxylic acids is 1. The molecule has 0 fully saturated rings. The van der Waals surface area contributed by atoms with Gasteiger partial charge in [-0.15, -0.1) is 11.3 Å². The number of rotatable bonds is 7. The molecule has 0 saturated heterocycles. The molecular formula is C13H17N3O3S. The van der Waals surface area contributed by atoms with Gasteiger partial charge >= 0.3 is 5.97 Å². The molecule has 20 heavy (non-hydrogen) atoms. The summed E-state index contributed by atoms with van der Waals surface area (Å²) in [6, 6.07) is 3.22. The number of carbonyl (C=O) groups is 1. The molecule has 2 aromatic rings. The highest BCUT2D eigenvalue weighted by molar-refractivity contribution is 7.13. The van der Waals surface area contributed by atoms with E-state index in [0.717, 1.165) is 4.88 Å². The molecule has 0 radical (unpaired) electrons. The molecule has 2 heterocycles. The zero-order chi connectivity index (χ0) is 14.5. The normalized spacial score (nSPS) is 12.8. The number of carboxylic acid groups (broad SMARTS) is 1. The van der Waals surface area contributed by atoms with E-state index < -0.39 is 12.0 Å². The van der Waals surface area contributed by atoms with Crippen LogP contribution in [0.1, 0.15) is 26.2 Å². The van der Waals surface area contributed by atoms with Crippen LogP contribution in [0.4, 0.5) is 0 Å². The minimum Gasteiger partial charge on any atom is -0.480 e. The number of hydrogen-bond donors (Lipinski definition) is 2. The fourth-order valence-corrected chi connectivity index (χ4v) is 2.44. The summed E-state index contributed by atoms with van der Waals surface area (Å²) in [6.07, 6.45) is 0.557. The average Bonchev–Trinajstić information content (AvgIpc) is 3.03. The number of thiophene rings is 1. The fraction of sp³-hybridized carbons (Fsp3) is 0.462. The summed E-state index contributed by atoms with van der Waals surface area (Å²) in [6.45, 7) is 4.22. The maximum absolute atomic E-state index is 11.1. The van der Waals surface area contributed by atoms with Crippen LogP contribution >= 0.6 is 11.3 Å². The van der Waals surface area contributed by atoms with E-state index in [0.29, 0.717) is 24.1 Å². The molecule has 0 aliphatic rings. The van der Waals surface area contributed by atoms with Gasteiger partial charge in [0.15, 0.2) is 0 Å². The summed E-state index contributed by atoms with van der Waals surface area (Å²) in [4.78, 5) is 16.3. The van der Waals surface area contributed by atoms with Gasteiger partial charge in [0.2, 0.25) is 11.7 Å². The molecule has 108 valence electrons. The fourth-order valence-electron chi connectivity index (χ4n) is 1.79. The number of carboxylic acids is 1. The van der Waals surface area contributed by atoms with Gasteiger partial charge in [0, 0.05) is 0 Å². The quantitative estimate of drug-likeness (QED) is 0.815. The van der Waals surface area contributed by atoms with Crippen molar-refractivity contribution in [2.75, 3.05) is 0 Å². The SMILES string of the molecule is CC(C)CC(NCc1nc(-c2cccs2)no1)C(=O)O. The molecule has 7 heteroatoms. The van der Waals surface area contributed by atoms with Crippen LogP contribution in [0.15, 0.2) is 22.0 Å². The van der Waals surface area contributed by atoms with E-state index in [4.69, 9.17) is 9.63 Å². The van der Waals surface area contributed by atoms with Crippen LogP contribution in [0.25, 0.3) is 10.7 Å². The van der Waals surface area contributed by atoms with Crippen LogP contribution in [0.3, 0.4) is 0 Å². The van der Waals surface area contributed by atoms with Crippen molar-refractivity contribution in [2.24, 2.45) is 5.92 Å². The van der Waals surface area contributed by atoms with Gasteiger partial charge in [-0.1, -0.05) is 25.1 Å². The highest BCUT2D eigenvalue weighted by Crippen LogP contribution is 2.21. The van der Waals surface area contributed by atoms with Crippen molar-refractivity contribution in [1.82, 2.24) is 15.5 Å². The van der Waals surface area contributed by atoms with Gasteiger partial charge in [-0.25, -0.2) is 0 Å². The number of nitrogens with zero attached hydrogens (tertiary/aromatic N) is 2. The predicted octanol–water partition coefficient (Wildman–Crippen LogP) is 2.39. The van der Waals surface area contributed by atoms with Crippen LogP contribution in [0, 0.1) is 5.92 Å². The van der Waals surface area contributed by atoms with Crippen molar-refractivity contribution in [3.05, 3.63) is 23.4 Å². The second-order valence-electron chi connectivity index (χ2n) is 4.89. The molecule has 0 amide bonds. The van der Waals surface area contributed by atoms with Crippen LogP contribution in [-0.2, 0) is 11.3 Å². The zero-order valence-electron chi connectivity index (χ0n) is 11.4. The van der Waals surface area contributed by atoms with Crippen LogP contribution in [-0.4, -0.2) is 27.3 Å². The second-order valence-corrected chi connectivity index (χ2v) is 5.84. The van der Waals surface area contributed by atoms with Gasteiger partial charge in [-0.05, 0) is 23.8 Å². The first-order valence-electron chi connectivity index (χ1n) is 6.39. The smallest absolute Gasteiger partial charge is 0.320 e. The van der Waals surface area contributed by atoms with E-state index in [-0.39, 0.29) is 6.54 Å². The third kappa shape index (κ3) is 3.88. The van der Waals surface area contributed by atoms with Crippen molar-refractivity contribution < 1.29 is 14.4 Å². The van der Waals surface area contributed by atoms with E-state index in [1.807, 2.05) is 31.4 Å². The van der Waals surface area contributed by atoms with Gasteiger partial charge in [0.05, 0.1) is 11.4 Å². The Morgan fingerprint density at radius 1 is 1.55 bits per heavy atom. The van der Waals surface area contributed by atoms with E-state index in [1.54, 1.807) is 0 Å². The molecule has 2 aromatic heterocycles. The number of aromatic nitrogens is 2.